The Morgan fingerprint density at radius 2 is 2.00 bits per heavy atom. The van der Waals surface area contributed by atoms with Crippen molar-refractivity contribution in [2.24, 2.45) is 0 Å². The summed E-state index contributed by atoms with van der Waals surface area (Å²) in [5, 5.41) is 8.79. The van der Waals surface area contributed by atoms with E-state index in [4.69, 9.17) is 14.3 Å². The molecule has 0 unspecified atom stereocenters. The molecule has 0 saturated carbocycles. The molecule has 3 nitrogen and oxygen atoms in total. The summed E-state index contributed by atoms with van der Waals surface area (Å²) < 4.78 is 10.7. The summed E-state index contributed by atoms with van der Waals surface area (Å²) in [7, 11) is 0. The second-order valence-electron chi connectivity index (χ2n) is 3.64. The van der Waals surface area contributed by atoms with Gasteiger partial charge >= 0.3 is 0 Å². The van der Waals surface area contributed by atoms with Crippen LogP contribution in [0.2, 0.25) is 0 Å². The van der Waals surface area contributed by atoms with Gasteiger partial charge in [-0.25, -0.2) is 0 Å². The van der Waals surface area contributed by atoms with Gasteiger partial charge in [0.25, 0.3) is 0 Å². The van der Waals surface area contributed by atoms with Crippen LogP contribution in [0.15, 0.2) is 16.5 Å². The second-order valence-corrected chi connectivity index (χ2v) is 3.64. The summed E-state index contributed by atoms with van der Waals surface area (Å²) in [6.45, 7) is 3.44. The van der Waals surface area contributed by atoms with Gasteiger partial charge in [-0.2, -0.15) is 0 Å². The van der Waals surface area contributed by atoms with Gasteiger partial charge in [0.15, 0.2) is 0 Å². The Kier molecular flexibility index (Phi) is 6.12. The number of ether oxygens (including phenoxy) is 1. The zero-order valence-electron chi connectivity index (χ0n) is 9.37. The summed E-state index contributed by atoms with van der Waals surface area (Å²) in [6, 6.07) is 3.62. The smallest absolute Gasteiger partial charge is 0.129 e. The molecule has 3 heteroatoms. The minimum atomic E-state index is -0.0451. The quantitative estimate of drug-likeness (QED) is 0.674. The number of aliphatic hydroxyl groups excluding tert-OH is 1. The van der Waals surface area contributed by atoms with E-state index >= 15 is 0 Å². The zero-order chi connectivity index (χ0) is 10.9. The third kappa shape index (κ3) is 5.00. The predicted octanol–water partition coefficient (Wildman–Crippen LogP) is 2.87. The van der Waals surface area contributed by atoms with Crippen molar-refractivity contribution in [1.82, 2.24) is 0 Å². The van der Waals surface area contributed by atoms with Crippen LogP contribution in [-0.4, -0.2) is 11.7 Å². The Morgan fingerprint density at radius 3 is 2.67 bits per heavy atom. The molecule has 1 rings (SSSR count). The maximum Gasteiger partial charge on any atom is 0.129 e. The van der Waals surface area contributed by atoms with Gasteiger partial charge in [0.2, 0.25) is 0 Å². The fourth-order valence-corrected chi connectivity index (χ4v) is 1.39. The normalized spacial score (nSPS) is 10.8. The highest BCUT2D eigenvalue weighted by atomic mass is 16.5. The molecule has 86 valence electrons. The Hall–Kier alpha value is -0.800. The zero-order valence-corrected chi connectivity index (χ0v) is 9.37. The van der Waals surface area contributed by atoms with Crippen molar-refractivity contribution in [3.63, 3.8) is 0 Å². The Morgan fingerprint density at radius 1 is 1.20 bits per heavy atom. The Bertz CT molecular complexity index is 255. The minimum absolute atomic E-state index is 0.0451. The molecule has 1 N–H and O–H groups in total. The Balaban J connectivity index is 2.04. The van der Waals surface area contributed by atoms with E-state index in [0.29, 0.717) is 12.4 Å². The van der Waals surface area contributed by atoms with Crippen molar-refractivity contribution >= 4 is 0 Å². The molecular weight excluding hydrogens is 192 g/mol. The highest BCUT2D eigenvalue weighted by molar-refractivity contribution is 5.05. The van der Waals surface area contributed by atoms with Crippen molar-refractivity contribution in [2.75, 3.05) is 6.61 Å². The number of furan rings is 1. The Labute approximate surface area is 91.1 Å². The molecule has 0 aliphatic heterocycles. The molecular formula is C12H20O3. The third-order valence-electron chi connectivity index (χ3n) is 2.26. The fraction of sp³-hybridized carbons (Fsp3) is 0.667. The molecule has 0 atom stereocenters. The number of aliphatic hydroxyl groups is 1. The number of hydrogen-bond acceptors (Lipinski definition) is 3. The van der Waals surface area contributed by atoms with Crippen LogP contribution in [0, 0.1) is 0 Å². The molecule has 0 spiro atoms. The topological polar surface area (TPSA) is 42.6 Å². The first-order chi connectivity index (χ1) is 7.36. The van der Waals surface area contributed by atoms with Crippen LogP contribution in [0.3, 0.4) is 0 Å². The standard InChI is InChI=1S/C12H20O3/c1-2-3-4-5-8-14-10-12-7-6-11(9-13)15-12/h6-7,13H,2-5,8-10H2,1H3. The molecule has 0 saturated heterocycles. The molecule has 1 heterocycles. The molecule has 0 amide bonds. The van der Waals surface area contributed by atoms with E-state index in [2.05, 4.69) is 6.92 Å². The summed E-state index contributed by atoms with van der Waals surface area (Å²) >= 11 is 0. The van der Waals surface area contributed by atoms with Crippen LogP contribution < -0.4 is 0 Å². The van der Waals surface area contributed by atoms with E-state index in [1.165, 1.54) is 19.3 Å². The van der Waals surface area contributed by atoms with Crippen LogP contribution in [0.5, 0.6) is 0 Å². The van der Waals surface area contributed by atoms with Gasteiger partial charge in [0.1, 0.15) is 24.7 Å². The lowest BCUT2D eigenvalue weighted by Crippen LogP contribution is -1.94. The molecule has 0 aliphatic rings. The molecule has 15 heavy (non-hydrogen) atoms. The fourth-order valence-electron chi connectivity index (χ4n) is 1.39. The van der Waals surface area contributed by atoms with Crippen molar-refractivity contribution in [2.45, 2.75) is 45.8 Å². The first-order valence-electron chi connectivity index (χ1n) is 5.63. The average molecular weight is 212 g/mol. The van der Waals surface area contributed by atoms with Crippen molar-refractivity contribution in [3.05, 3.63) is 23.7 Å². The van der Waals surface area contributed by atoms with Crippen LogP contribution in [0.4, 0.5) is 0 Å². The van der Waals surface area contributed by atoms with Gasteiger partial charge < -0.3 is 14.3 Å². The molecule has 0 fully saturated rings. The van der Waals surface area contributed by atoms with Gasteiger partial charge in [-0.3, -0.25) is 0 Å². The van der Waals surface area contributed by atoms with E-state index in [9.17, 15) is 0 Å². The highest BCUT2D eigenvalue weighted by Gasteiger charge is 2.00. The first-order valence-corrected chi connectivity index (χ1v) is 5.63. The van der Waals surface area contributed by atoms with Gasteiger partial charge in [-0.1, -0.05) is 26.2 Å². The largest absolute Gasteiger partial charge is 0.461 e. The monoisotopic (exact) mass is 212 g/mol. The summed E-state index contributed by atoms with van der Waals surface area (Å²) in [4.78, 5) is 0. The summed E-state index contributed by atoms with van der Waals surface area (Å²) in [5.41, 5.74) is 0. The molecule has 0 aromatic carbocycles. The van der Waals surface area contributed by atoms with Gasteiger partial charge in [-0.05, 0) is 18.6 Å². The number of unbranched alkanes of at least 4 members (excludes halogenated alkanes) is 3. The molecule has 0 bridgehead atoms. The SMILES string of the molecule is CCCCCCOCc1ccc(CO)o1. The highest BCUT2D eigenvalue weighted by Crippen LogP contribution is 2.09. The number of hydrogen-bond donors (Lipinski definition) is 1. The van der Waals surface area contributed by atoms with Crippen LogP contribution in [-0.2, 0) is 18.0 Å². The second kappa shape index (κ2) is 7.49. The van der Waals surface area contributed by atoms with Crippen molar-refractivity contribution in [1.29, 1.82) is 0 Å². The first kappa shape index (κ1) is 12.3. The predicted molar refractivity (Wildman–Crippen MR) is 58.4 cm³/mol. The van der Waals surface area contributed by atoms with Crippen molar-refractivity contribution < 1.29 is 14.3 Å². The molecule has 0 radical (unpaired) electrons. The van der Waals surface area contributed by atoms with E-state index in [1.54, 1.807) is 6.07 Å². The maximum absolute atomic E-state index is 8.79. The lowest BCUT2D eigenvalue weighted by Gasteiger charge is -2.01. The lowest BCUT2D eigenvalue weighted by atomic mass is 10.2. The summed E-state index contributed by atoms with van der Waals surface area (Å²) in [6.07, 6.45) is 4.87. The van der Waals surface area contributed by atoms with Crippen LogP contribution in [0.25, 0.3) is 0 Å². The van der Waals surface area contributed by atoms with E-state index < -0.39 is 0 Å². The minimum Gasteiger partial charge on any atom is -0.461 e. The lowest BCUT2D eigenvalue weighted by molar-refractivity contribution is 0.0998. The van der Waals surface area contributed by atoms with Crippen LogP contribution in [0.1, 0.15) is 44.1 Å². The number of rotatable bonds is 8. The van der Waals surface area contributed by atoms with Gasteiger partial charge in [-0.15, -0.1) is 0 Å². The average Bonchev–Trinajstić information content (AvgIpc) is 2.71. The molecule has 0 aliphatic carbocycles. The molecule has 1 aromatic heterocycles. The van der Waals surface area contributed by atoms with Gasteiger partial charge in [0, 0.05) is 6.61 Å². The third-order valence-corrected chi connectivity index (χ3v) is 2.26. The van der Waals surface area contributed by atoms with E-state index in [-0.39, 0.29) is 6.61 Å². The van der Waals surface area contributed by atoms with E-state index in [1.807, 2.05) is 6.07 Å². The van der Waals surface area contributed by atoms with Gasteiger partial charge in [0.05, 0.1) is 0 Å². The van der Waals surface area contributed by atoms with E-state index in [0.717, 1.165) is 18.8 Å². The summed E-state index contributed by atoms with van der Waals surface area (Å²) in [5.74, 6) is 1.38. The maximum atomic E-state index is 8.79. The van der Waals surface area contributed by atoms with Crippen molar-refractivity contribution in [3.8, 4) is 0 Å². The molecule has 1 aromatic rings. The van der Waals surface area contributed by atoms with Crippen LogP contribution >= 0.6 is 0 Å².